The van der Waals surface area contributed by atoms with Crippen LogP contribution in [0.5, 0.6) is 11.5 Å². The molecule has 1 aliphatic heterocycles. The monoisotopic (exact) mass is 329 g/mol. The number of methoxy groups -OCH3 is 2. The molecule has 2 heterocycles. The second kappa shape index (κ2) is 7.71. The molecule has 0 aliphatic carbocycles. The Hall–Kier alpha value is -2.01. The first-order valence-electron chi connectivity index (χ1n) is 8.64. The summed E-state index contributed by atoms with van der Waals surface area (Å²) in [5.74, 6) is 1.57. The highest BCUT2D eigenvalue weighted by molar-refractivity contribution is 5.42. The Morgan fingerprint density at radius 1 is 1.12 bits per heavy atom. The van der Waals surface area contributed by atoms with Crippen molar-refractivity contribution >= 4 is 0 Å². The van der Waals surface area contributed by atoms with E-state index in [1.807, 2.05) is 24.0 Å². The molecule has 0 saturated carbocycles. The van der Waals surface area contributed by atoms with Gasteiger partial charge in [0.25, 0.3) is 0 Å². The maximum Gasteiger partial charge on any atom is 0.161 e. The number of hydrogen-bond donors (Lipinski definition) is 0. The van der Waals surface area contributed by atoms with Gasteiger partial charge in [0.05, 0.1) is 20.4 Å². The molecule has 24 heavy (non-hydrogen) atoms. The second-order valence-corrected chi connectivity index (χ2v) is 6.47. The lowest BCUT2D eigenvalue weighted by atomic mass is 10.0. The van der Waals surface area contributed by atoms with E-state index in [-0.39, 0.29) is 0 Å². The summed E-state index contributed by atoms with van der Waals surface area (Å²) < 4.78 is 12.7. The van der Waals surface area contributed by atoms with Crippen molar-refractivity contribution in [3.8, 4) is 11.5 Å². The predicted molar refractivity (Wildman–Crippen MR) is 94.4 cm³/mol. The fourth-order valence-corrected chi connectivity index (χ4v) is 3.56. The van der Waals surface area contributed by atoms with Crippen LogP contribution in [0.4, 0.5) is 0 Å². The van der Waals surface area contributed by atoms with Gasteiger partial charge in [-0.1, -0.05) is 18.9 Å². The van der Waals surface area contributed by atoms with Crippen molar-refractivity contribution in [2.75, 3.05) is 20.8 Å². The van der Waals surface area contributed by atoms with Gasteiger partial charge in [0.1, 0.15) is 0 Å². The van der Waals surface area contributed by atoms with Crippen LogP contribution in [-0.2, 0) is 13.6 Å². The average molecular weight is 329 g/mol. The Morgan fingerprint density at radius 3 is 2.67 bits per heavy atom. The summed E-state index contributed by atoms with van der Waals surface area (Å²) in [4.78, 5) is 2.57. The third-order valence-corrected chi connectivity index (χ3v) is 4.81. The lowest BCUT2D eigenvalue weighted by molar-refractivity contribution is 0.192. The van der Waals surface area contributed by atoms with Gasteiger partial charge >= 0.3 is 0 Å². The number of aryl methyl sites for hydroxylation is 1. The first kappa shape index (κ1) is 16.8. The van der Waals surface area contributed by atoms with E-state index in [1.165, 1.54) is 36.8 Å². The quantitative estimate of drug-likeness (QED) is 0.841. The molecular weight excluding hydrogens is 302 g/mol. The van der Waals surface area contributed by atoms with Gasteiger partial charge in [0, 0.05) is 31.4 Å². The molecule has 3 rings (SSSR count). The molecule has 1 aromatic carbocycles. The number of rotatable bonds is 5. The molecule has 0 bridgehead atoms. The number of benzene rings is 1. The molecule has 1 atom stereocenters. The summed E-state index contributed by atoms with van der Waals surface area (Å²) >= 11 is 0. The first-order valence-corrected chi connectivity index (χ1v) is 8.64. The number of likely N-dealkylation sites (tertiary alicyclic amines) is 1. The van der Waals surface area contributed by atoms with Crippen LogP contribution < -0.4 is 9.47 Å². The largest absolute Gasteiger partial charge is 0.493 e. The Morgan fingerprint density at radius 2 is 1.96 bits per heavy atom. The summed E-state index contributed by atoms with van der Waals surface area (Å²) in [6, 6.07) is 6.65. The maximum atomic E-state index is 5.45. The van der Waals surface area contributed by atoms with E-state index < -0.39 is 0 Å². The van der Waals surface area contributed by atoms with Crippen molar-refractivity contribution in [1.29, 1.82) is 0 Å². The van der Waals surface area contributed by atoms with E-state index >= 15 is 0 Å². The van der Waals surface area contributed by atoms with Crippen LogP contribution >= 0.6 is 0 Å². The molecule has 130 valence electrons. The number of ether oxygens (including phenoxy) is 2. The minimum atomic E-state index is 0.439. The van der Waals surface area contributed by atoms with Crippen LogP contribution in [0.2, 0.25) is 0 Å². The van der Waals surface area contributed by atoms with Gasteiger partial charge in [-0.2, -0.15) is 5.10 Å². The first-order chi connectivity index (χ1) is 11.7. The minimum absolute atomic E-state index is 0.439. The fourth-order valence-electron chi connectivity index (χ4n) is 3.56. The van der Waals surface area contributed by atoms with Gasteiger partial charge in [-0.25, -0.2) is 0 Å². The van der Waals surface area contributed by atoms with Gasteiger partial charge in [-0.05, 0) is 37.1 Å². The molecule has 1 aromatic heterocycles. The van der Waals surface area contributed by atoms with Gasteiger partial charge < -0.3 is 9.47 Å². The number of aromatic nitrogens is 2. The Kier molecular flexibility index (Phi) is 5.41. The van der Waals surface area contributed by atoms with Crippen molar-refractivity contribution in [3.05, 3.63) is 41.7 Å². The molecule has 0 radical (unpaired) electrons. The van der Waals surface area contributed by atoms with E-state index in [1.54, 1.807) is 14.2 Å². The molecule has 0 amide bonds. The Bertz CT molecular complexity index is 668. The summed E-state index contributed by atoms with van der Waals surface area (Å²) in [5, 5.41) is 4.37. The third-order valence-electron chi connectivity index (χ3n) is 4.81. The third kappa shape index (κ3) is 3.73. The summed E-state index contributed by atoms with van der Waals surface area (Å²) in [6.45, 7) is 2.04. The Labute approximate surface area is 144 Å². The van der Waals surface area contributed by atoms with E-state index in [4.69, 9.17) is 9.47 Å². The van der Waals surface area contributed by atoms with E-state index in [9.17, 15) is 0 Å². The minimum Gasteiger partial charge on any atom is -0.493 e. The maximum absolute atomic E-state index is 5.45. The average Bonchev–Trinajstić information content (AvgIpc) is 2.89. The summed E-state index contributed by atoms with van der Waals surface area (Å²) in [6.07, 6.45) is 9.19. The molecule has 0 N–H and O–H groups in total. The molecule has 1 aliphatic rings. The van der Waals surface area contributed by atoms with Crippen LogP contribution in [0.1, 0.15) is 42.9 Å². The van der Waals surface area contributed by atoms with E-state index in [0.29, 0.717) is 6.04 Å². The number of nitrogens with zero attached hydrogens (tertiary/aromatic N) is 3. The summed E-state index contributed by atoms with van der Waals surface area (Å²) in [7, 11) is 5.34. The predicted octanol–water partition coefficient (Wildman–Crippen LogP) is 3.55. The molecular formula is C19H27N3O2. The normalized spacial score (nSPS) is 19.0. The highest BCUT2D eigenvalue weighted by Crippen LogP contribution is 2.33. The lowest BCUT2D eigenvalue weighted by Gasteiger charge is -2.29. The van der Waals surface area contributed by atoms with Crippen molar-refractivity contribution in [3.63, 3.8) is 0 Å². The van der Waals surface area contributed by atoms with Crippen molar-refractivity contribution in [2.45, 2.75) is 38.3 Å². The van der Waals surface area contributed by atoms with Gasteiger partial charge in [-0.15, -0.1) is 0 Å². The highest BCUT2D eigenvalue weighted by atomic mass is 16.5. The molecule has 1 saturated heterocycles. The van der Waals surface area contributed by atoms with Crippen LogP contribution in [0, 0.1) is 0 Å². The van der Waals surface area contributed by atoms with Gasteiger partial charge in [-0.3, -0.25) is 9.58 Å². The zero-order valence-corrected chi connectivity index (χ0v) is 14.9. The van der Waals surface area contributed by atoms with E-state index in [0.717, 1.165) is 24.6 Å². The molecule has 1 fully saturated rings. The zero-order chi connectivity index (χ0) is 16.9. The molecule has 0 spiro atoms. The van der Waals surface area contributed by atoms with E-state index in [2.05, 4.69) is 28.3 Å². The van der Waals surface area contributed by atoms with Crippen molar-refractivity contribution < 1.29 is 9.47 Å². The molecule has 5 heteroatoms. The zero-order valence-electron chi connectivity index (χ0n) is 14.9. The lowest BCUT2D eigenvalue weighted by Crippen LogP contribution is -2.28. The molecule has 2 aromatic rings. The standard InChI is InChI=1S/C19H27N3O2/c1-21-14-16(12-20-21)17-7-5-4-6-10-22(17)13-15-8-9-18(23-2)19(11-15)24-3/h8-9,11-12,14,17H,4-7,10,13H2,1-3H3. The van der Waals surface area contributed by atoms with Crippen LogP contribution in [-0.4, -0.2) is 35.4 Å². The smallest absolute Gasteiger partial charge is 0.161 e. The van der Waals surface area contributed by atoms with Crippen molar-refractivity contribution in [2.24, 2.45) is 7.05 Å². The SMILES string of the molecule is COc1ccc(CN2CCCCCC2c2cnn(C)c2)cc1OC. The van der Waals surface area contributed by atoms with Gasteiger partial charge in [0.15, 0.2) is 11.5 Å². The van der Waals surface area contributed by atoms with Crippen LogP contribution in [0.15, 0.2) is 30.6 Å². The molecule has 5 nitrogen and oxygen atoms in total. The van der Waals surface area contributed by atoms with Crippen LogP contribution in [0.3, 0.4) is 0 Å². The highest BCUT2D eigenvalue weighted by Gasteiger charge is 2.24. The Balaban J connectivity index is 1.82. The van der Waals surface area contributed by atoms with Gasteiger partial charge in [0.2, 0.25) is 0 Å². The topological polar surface area (TPSA) is 39.5 Å². The summed E-state index contributed by atoms with van der Waals surface area (Å²) in [5.41, 5.74) is 2.57. The molecule has 1 unspecified atom stereocenters. The second-order valence-electron chi connectivity index (χ2n) is 6.47. The number of hydrogen-bond acceptors (Lipinski definition) is 4. The van der Waals surface area contributed by atoms with Crippen molar-refractivity contribution in [1.82, 2.24) is 14.7 Å². The fraction of sp³-hybridized carbons (Fsp3) is 0.526. The van der Waals surface area contributed by atoms with Crippen LogP contribution in [0.25, 0.3) is 0 Å².